The predicted molar refractivity (Wildman–Crippen MR) is 54.7 cm³/mol. The van der Waals surface area contributed by atoms with Gasteiger partial charge in [0.15, 0.2) is 6.79 Å². The Morgan fingerprint density at radius 2 is 2.13 bits per heavy atom. The maximum absolute atomic E-state index is 11.4. The molecule has 0 aromatic heterocycles. The van der Waals surface area contributed by atoms with Gasteiger partial charge in [-0.15, -0.1) is 0 Å². The lowest BCUT2D eigenvalue weighted by Gasteiger charge is -2.09. The quantitative estimate of drug-likeness (QED) is 0.457. The van der Waals surface area contributed by atoms with E-state index in [4.69, 9.17) is 15.2 Å². The van der Waals surface area contributed by atoms with E-state index in [1.165, 1.54) is 20.3 Å². The van der Waals surface area contributed by atoms with Gasteiger partial charge in [0.05, 0.1) is 7.11 Å². The van der Waals surface area contributed by atoms with Crippen LogP contribution in [0.4, 0.5) is 5.69 Å². The van der Waals surface area contributed by atoms with E-state index in [1.54, 1.807) is 12.1 Å². The van der Waals surface area contributed by atoms with Crippen molar-refractivity contribution in [3.05, 3.63) is 23.8 Å². The molecule has 0 heterocycles. The zero-order valence-corrected chi connectivity index (χ0v) is 8.65. The van der Waals surface area contributed by atoms with Gasteiger partial charge in [0.25, 0.3) is 0 Å². The van der Waals surface area contributed by atoms with E-state index in [9.17, 15) is 4.79 Å². The lowest BCUT2D eigenvalue weighted by atomic mass is 10.2. The van der Waals surface area contributed by atoms with Crippen LogP contribution in [0.25, 0.3) is 0 Å². The molecule has 0 unspecified atom stereocenters. The Bertz CT molecular complexity index is 351. The molecule has 1 aromatic carbocycles. The highest BCUT2D eigenvalue weighted by molar-refractivity contribution is 5.93. The van der Waals surface area contributed by atoms with Gasteiger partial charge >= 0.3 is 5.97 Å². The number of anilines is 1. The molecule has 0 radical (unpaired) electrons. The van der Waals surface area contributed by atoms with Crippen molar-refractivity contribution in [2.45, 2.75) is 0 Å². The van der Waals surface area contributed by atoms with Crippen molar-refractivity contribution in [1.82, 2.24) is 0 Å². The van der Waals surface area contributed by atoms with Gasteiger partial charge in [-0.05, 0) is 18.2 Å². The summed E-state index contributed by atoms with van der Waals surface area (Å²) in [6.07, 6.45) is 0. The number of nitrogen functional groups attached to an aromatic ring is 1. The van der Waals surface area contributed by atoms with Crippen LogP contribution in [-0.2, 0) is 9.47 Å². The van der Waals surface area contributed by atoms with E-state index < -0.39 is 5.97 Å². The predicted octanol–water partition coefficient (Wildman–Crippen LogP) is 1.04. The second-order valence-electron chi connectivity index (χ2n) is 2.80. The second kappa shape index (κ2) is 5.21. The van der Waals surface area contributed by atoms with E-state index in [0.717, 1.165) is 0 Å². The number of benzene rings is 1. The number of carbonyl (C=O) groups is 1. The monoisotopic (exact) mass is 211 g/mol. The Hall–Kier alpha value is -1.75. The van der Waals surface area contributed by atoms with E-state index in [0.29, 0.717) is 11.4 Å². The molecule has 15 heavy (non-hydrogen) atoms. The molecule has 0 saturated heterocycles. The van der Waals surface area contributed by atoms with Gasteiger partial charge < -0.3 is 19.9 Å². The zero-order valence-electron chi connectivity index (χ0n) is 8.65. The van der Waals surface area contributed by atoms with Gasteiger partial charge in [-0.1, -0.05) is 0 Å². The molecular formula is C10H13NO4. The normalized spacial score (nSPS) is 9.73. The summed E-state index contributed by atoms with van der Waals surface area (Å²) in [7, 11) is 2.79. The first-order valence-corrected chi connectivity index (χ1v) is 4.28. The molecule has 0 spiro atoms. The summed E-state index contributed by atoms with van der Waals surface area (Å²) in [4.78, 5) is 11.4. The number of carbonyl (C=O) groups excluding carboxylic acids is 1. The summed E-state index contributed by atoms with van der Waals surface area (Å²) < 4.78 is 14.5. The van der Waals surface area contributed by atoms with Crippen LogP contribution < -0.4 is 10.5 Å². The molecule has 2 N–H and O–H groups in total. The molecule has 1 aromatic rings. The van der Waals surface area contributed by atoms with Crippen molar-refractivity contribution in [3.8, 4) is 5.75 Å². The van der Waals surface area contributed by atoms with E-state index >= 15 is 0 Å². The Kier molecular flexibility index (Phi) is 3.93. The largest absolute Gasteiger partial charge is 0.467 e. The molecule has 0 fully saturated rings. The van der Waals surface area contributed by atoms with Crippen LogP contribution in [0, 0.1) is 0 Å². The highest BCUT2D eigenvalue weighted by Gasteiger charge is 2.13. The molecular weight excluding hydrogens is 198 g/mol. The maximum atomic E-state index is 11.4. The lowest BCUT2D eigenvalue weighted by molar-refractivity contribution is 0.0465. The van der Waals surface area contributed by atoms with Crippen LogP contribution in [0.5, 0.6) is 5.75 Å². The van der Waals surface area contributed by atoms with Gasteiger partial charge in [-0.2, -0.15) is 0 Å². The third-order valence-electron chi connectivity index (χ3n) is 1.74. The standard InChI is InChI=1S/C10H13NO4/c1-13-6-15-9-4-3-7(11)5-8(9)10(12)14-2/h3-5H,6,11H2,1-2H3. The summed E-state index contributed by atoms with van der Waals surface area (Å²) in [6.45, 7) is 0.0634. The van der Waals surface area contributed by atoms with Crippen molar-refractivity contribution in [3.63, 3.8) is 0 Å². The summed E-state index contributed by atoms with van der Waals surface area (Å²) in [5.74, 6) is -0.105. The summed E-state index contributed by atoms with van der Waals surface area (Å²) >= 11 is 0. The highest BCUT2D eigenvalue weighted by atomic mass is 16.7. The van der Waals surface area contributed by atoms with Gasteiger partial charge in [0.1, 0.15) is 11.3 Å². The number of hydrogen-bond donors (Lipinski definition) is 1. The first kappa shape index (κ1) is 11.3. The minimum absolute atomic E-state index is 0.0634. The average Bonchev–Trinajstić information content (AvgIpc) is 2.26. The van der Waals surface area contributed by atoms with Crippen molar-refractivity contribution in [2.75, 3.05) is 26.7 Å². The second-order valence-corrected chi connectivity index (χ2v) is 2.80. The number of rotatable bonds is 4. The fourth-order valence-electron chi connectivity index (χ4n) is 1.07. The van der Waals surface area contributed by atoms with Gasteiger partial charge in [-0.3, -0.25) is 0 Å². The fourth-order valence-corrected chi connectivity index (χ4v) is 1.07. The van der Waals surface area contributed by atoms with E-state index in [1.807, 2.05) is 0 Å². The van der Waals surface area contributed by atoms with Crippen LogP contribution in [-0.4, -0.2) is 27.0 Å². The number of ether oxygens (including phenoxy) is 3. The molecule has 0 aliphatic carbocycles. The minimum Gasteiger partial charge on any atom is -0.467 e. The Morgan fingerprint density at radius 3 is 2.73 bits per heavy atom. The number of hydrogen-bond acceptors (Lipinski definition) is 5. The Balaban J connectivity index is 2.97. The van der Waals surface area contributed by atoms with Gasteiger partial charge in [-0.25, -0.2) is 4.79 Å². The molecule has 82 valence electrons. The highest BCUT2D eigenvalue weighted by Crippen LogP contribution is 2.22. The minimum atomic E-state index is -0.492. The number of methoxy groups -OCH3 is 2. The van der Waals surface area contributed by atoms with E-state index in [-0.39, 0.29) is 12.4 Å². The Labute approximate surface area is 87.7 Å². The number of esters is 1. The summed E-state index contributed by atoms with van der Waals surface area (Å²) in [5.41, 5.74) is 6.31. The first-order valence-electron chi connectivity index (χ1n) is 4.28. The van der Waals surface area contributed by atoms with E-state index in [2.05, 4.69) is 4.74 Å². The summed E-state index contributed by atoms with van der Waals surface area (Å²) in [6, 6.07) is 4.73. The lowest BCUT2D eigenvalue weighted by Crippen LogP contribution is -2.08. The average molecular weight is 211 g/mol. The van der Waals surface area contributed by atoms with Crippen molar-refractivity contribution >= 4 is 11.7 Å². The first-order chi connectivity index (χ1) is 7.19. The molecule has 0 aliphatic heterocycles. The van der Waals surface area contributed by atoms with Crippen LogP contribution >= 0.6 is 0 Å². The van der Waals surface area contributed by atoms with Gasteiger partial charge in [0, 0.05) is 12.8 Å². The summed E-state index contributed by atoms with van der Waals surface area (Å²) in [5, 5.41) is 0. The molecule has 0 bridgehead atoms. The topological polar surface area (TPSA) is 70.8 Å². The van der Waals surface area contributed by atoms with Crippen LogP contribution in [0.2, 0.25) is 0 Å². The number of nitrogens with two attached hydrogens (primary N) is 1. The van der Waals surface area contributed by atoms with Crippen LogP contribution in [0.1, 0.15) is 10.4 Å². The maximum Gasteiger partial charge on any atom is 0.341 e. The van der Waals surface area contributed by atoms with Crippen molar-refractivity contribution < 1.29 is 19.0 Å². The van der Waals surface area contributed by atoms with Crippen molar-refractivity contribution in [2.24, 2.45) is 0 Å². The third kappa shape index (κ3) is 2.85. The molecule has 5 heteroatoms. The smallest absolute Gasteiger partial charge is 0.341 e. The van der Waals surface area contributed by atoms with Crippen LogP contribution in [0.15, 0.2) is 18.2 Å². The molecule has 0 aliphatic rings. The molecule has 0 amide bonds. The van der Waals surface area contributed by atoms with Gasteiger partial charge in [0.2, 0.25) is 0 Å². The third-order valence-corrected chi connectivity index (χ3v) is 1.74. The Morgan fingerprint density at radius 1 is 1.40 bits per heavy atom. The molecule has 0 atom stereocenters. The molecule has 0 saturated carbocycles. The molecule has 1 rings (SSSR count). The molecule has 5 nitrogen and oxygen atoms in total. The van der Waals surface area contributed by atoms with Crippen LogP contribution in [0.3, 0.4) is 0 Å². The fraction of sp³-hybridized carbons (Fsp3) is 0.300. The zero-order chi connectivity index (χ0) is 11.3. The van der Waals surface area contributed by atoms with Crippen molar-refractivity contribution in [1.29, 1.82) is 0 Å². The SMILES string of the molecule is COCOc1ccc(N)cc1C(=O)OC.